The van der Waals surface area contributed by atoms with E-state index in [-0.39, 0.29) is 0 Å². The van der Waals surface area contributed by atoms with Crippen LogP contribution in [-0.2, 0) is 0 Å². The van der Waals surface area contributed by atoms with Crippen LogP contribution in [0, 0.1) is 27.7 Å². The van der Waals surface area contributed by atoms with E-state index < -0.39 is 0 Å². The third kappa shape index (κ3) is 5.84. The Morgan fingerprint density at radius 3 is 1.26 bits per heavy atom. The number of aryl methyl sites for hydroxylation is 4. The molecule has 13 rings (SSSR count). The maximum atomic E-state index is 7.77. The van der Waals surface area contributed by atoms with Crippen molar-refractivity contribution in [1.82, 2.24) is 0 Å². The highest BCUT2D eigenvalue weighted by Crippen LogP contribution is 2.62. The lowest BCUT2D eigenvalue weighted by Gasteiger charge is -2.24. The third-order valence-electron chi connectivity index (χ3n) is 14.7. The quantitative estimate of drug-likeness (QED) is 0.164. The standard InChI is InChI=1S/C66H48N2/c1-37-18-26-43(27-19-37)54-55(44-28-20-38(2)21-29-44)63-57(46-32-24-40(4)25-33-46)60-51-35-48(67)34-47-16-11-17-49(53(47)51)59(60)62-52-36-50(41-12-7-5-8-13-41)66(68)58(42-14-9-6-10-15-42)61(52)64(65(62)63)56(54)45-30-22-39(3)23-31-45/h5-36H,67-68H2,1-4H3. The van der Waals surface area contributed by atoms with Crippen molar-refractivity contribution in [3.8, 4) is 66.8 Å². The van der Waals surface area contributed by atoms with Crippen molar-refractivity contribution in [3.05, 3.63) is 216 Å². The summed E-state index contributed by atoms with van der Waals surface area (Å²) >= 11 is 0. The van der Waals surface area contributed by atoms with Crippen molar-refractivity contribution < 1.29 is 0 Å². The largest absolute Gasteiger partial charge is 0.399 e. The van der Waals surface area contributed by atoms with Gasteiger partial charge in [0.05, 0.1) is 0 Å². The Morgan fingerprint density at radius 2 is 0.706 bits per heavy atom. The van der Waals surface area contributed by atoms with Crippen molar-refractivity contribution in [3.63, 3.8) is 0 Å². The van der Waals surface area contributed by atoms with Crippen LogP contribution in [0.4, 0.5) is 11.4 Å². The molecule has 0 heterocycles. The molecule has 0 aliphatic rings. The summed E-state index contributed by atoms with van der Waals surface area (Å²) < 4.78 is 0. The molecule has 0 aromatic heterocycles. The Morgan fingerprint density at radius 1 is 0.265 bits per heavy atom. The van der Waals surface area contributed by atoms with Gasteiger partial charge in [0.1, 0.15) is 0 Å². The normalized spacial score (nSPS) is 11.9. The van der Waals surface area contributed by atoms with Gasteiger partial charge in [0.15, 0.2) is 0 Å². The first-order valence-electron chi connectivity index (χ1n) is 23.7. The van der Waals surface area contributed by atoms with E-state index in [0.29, 0.717) is 0 Å². The zero-order valence-electron chi connectivity index (χ0n) is 38.6. The summed E-state index contributed by atoms with van der Waals surface area (Å²) in [6.07, 6.45) is 0. The van der Waals surface area contributed by atoms with Crippen molar-refractivity contribution in [2.24, 2.45) is 0 Å². The topological polar surface area (TPSA) is 52.0 Å². The molecular weight excluding hydrogens is 821 g/mol. The zero-order valence-corrected chi connectivity index (χ0v) is 38.6. The van der Waals surface area contributed by atoms with Crippen LogP contribution >= 0.6 is 0 Å². The third-order valence-corrected chi connectivity index (χ3v) is 14.7. The van der Waals surface area contributed by atoms with E-state index in [4.69, 9.17) is 11.5 Å². The highest BCUT2D eigenvalue weighted by Gasteiger charge is 2.33. The van der Waals surface area contributed by atoms with E-state index in [1.807, 2.05) is 0 Å². The second kappa shape index (κ2) is 15.0. The molecule has 0 saturated carbocycles. The van der Waals surface area contributed by atoms with Crippen molar-refractivity contribution in [2.75, 3.05) is 11.5 Å². The lowest BCUT2D eigenvalue weighted by atomic mass is 9.78. The van der Waals surface area contributed by atoms with Gasteiger partial charge in [-0.25, -0.2) is 0 Å². The highest BCUT2D eigenvalue weighted by atomic mass is 14.6. The minimum atomic E-state index is 0.754. The minimum Gasteiger partial charge on any atom is -0.399 e. The monoisotopic (exact) mass is 868 g/mol. The van der Waals surface area contributed by atoms with E-state index >= 15 is 0 Å². The van der Waals surface area contributed by atoms with E-state index in [0.717, 1.165) is 50.1 Å². The van der Waals surface area contributed by atoms with Gasteiger partial charge in [-0.3, -0.25) is 0 Å². The molecule has 2 heteroatoms. The fraction of sp³-hybridized carbons (Fsp3) is 0.0606. The predicted octanol–water partition coefficient (Wildman–Crippen LogP) is 17.9. The van der Waals surface area contributed by atoms with Gasteiger partial charge in [0, 0.05) is 27.9 Å². The number of hydrogen-bond acceptors (Lipinski definition) is 2. The average Bonchev–Trinajstić information content (AvgIpc) is 3.86. The van der Waals surface area contributed by atoms with Gasteiger partial charge < -0.3 is 11.5 Å². The van der Waals surface area contributed by atoms with Gasteiger partial charge in [0.25, 0.3) is 0 Å². The fourth-order valence-corrected chi connectivity index (χ4v) is 11.6. The molecule has 2 nitrogen and oxygen atoms in total. The van der Waals surface area contributed by atoms with Crippen LogP contribution < -0.4 is 11.5 Å². The van der Waals surface area contributed by atoms with Gasteiger partial charge in [-0.15, -0.1) is 0 Å². The Balaban J connectivity index is 1.46. The number of nitrogen functional groups attached to an aromatic ring is 2. The fourth-order valence-electron chi connectivity index (χ4n) is 11.6. The second-order valence-electron chi connectivity index (χ2n) is 19.1. The summed E-state index contributed by atoms with van der Waals surface area (Å²) in [6, 6.07) is 71.9. The van der Waals surface area contributed by atoms with Crippen LogP contribution in [-0.4, -0.2) is 0 Å². The van der Waals surface area contributed by atoms with Gasteiger partial charge >= 0.3 is 0 Å². The number of nitrogens with two attached hydrogens (primary N) is 2. The Labute approximate surface area is 396 Å². The van der Waals surface area contributed by atoms with Crippen LogP contribution in [0.1, 0.15) is 22.3 Å². The predicted molar refractivity (Wildman–Crippen MR) is 294 cm³/mol. The molecule has 0 aliphatic carbocycles. The van der Waals surface area contributed by atoms with E-state index in [9.17, 15) is 0 Å². The first-order chi connectivity index (χ1) is 33.2. The number of rotatable bonds is 6. The molecule has 13 aromatic carbocycles. The molecule has 0 spiro atoms. The van der Waals surface area contributed by atoms with Crippen LogP contribution in [0.25, 0.3) is 131 Å². The van der Waals surface area contributed by atoms with E-state index in [1.165, 1.54) is 115 Å². The number of anilines is 2. The average molecular weight is 869 g/mol. The highest BCUT2D eigenvalue weighted by molar-refractivity contribution is 6.52. The molecule has 0 aliphatic heterocycles. The van der Waals surface area contributed by atoms with Gasteiger partial charge in [-0.2, -0.15) is 0 Å². The van der Waals surface area contributed by atoms with Crippen LogP contribution in [0.3, 0.4) is 0 Å². The Bertz CT molecular complexity index is 4110. The number of fused-ring (bicyclic) bond motifs is 7. The molecular formula is C66H48N2. The van der Waals surface area contributed by atoms with E-state index in [2.05, 4.69) is 222 Å². The van der Waals surface area contributed by atoms with Crippen molar-refractivity contribution >= 4 is 76.0 Å². The SMILES string of the molecule is Cc1ccc(-c2c(-c3ccc(C)cc3)c3c(-c4ccc(C)cc4)c4c5cc(N)cc6cccc(c65)c4c4c5cc(-c6ccccc6)c(N)c(-c6ccccc6)c5c(c2-c2ccc(C)cc2)c34)cc1. The molecule has 0 saturated heterocycles. The first-order valence-corrected chi connectivity index (χ1v) is 23.7. The lowest BCUT2D eigenvalue weighted by molar-refractivity contribution is 1.45. The second-order valence-corrected chi connectivity index (χ2v) is 19.1. The van der Waals surface area contributed by atoms with Gasteiger partial charge in [-0.1, -0.05) is 198 Å². The molecule has 13 aromatic rings. The van der Waals surface area contributed by atoms with Gasteiger partial charge in [0.2, 0.25) is 0 Å². The van der Waals surface area contributed by atoms with Crippen molar-refractivity contribution in [1.29, 1.82) is 0 Å². The smallest absolute Gasteiger partial charge is 0.0480 e. The zero-order chi connectivity index (χ0) is 45.9. The Kier molecular flexibility index (Phi) is 8.81. The number of hydrogen-bond donors (Lipinski definition) is 2. The molecule has 0 fully saturated rings. The van der Waals surface area contributed by atoms with Gasteiger partial charge in [-0.05, 0) is 161 Å². The maximum absolute atomic E-state index is 7.77. The molecule has 0 bridgehead atoms. The van der Waals surface area contributed by atoms with Crippen LogP contribution in [0.15, 0.2) is 194 Å². The Hall–Kier alpha value is -8.46. The molecule has 0 amide bonds. The molecule has 322 valence electrons. The molecule has 4 N–H and O–H groups in total. The molecule has 0 radical (unpaired) electrons. The molecule has 68 heavy (non-hydrogen) atoms. The molecule has 0 unspecified atom stereocenters. The number of benzene rings is 11. The summed E-state index contributed by atoms with van der Waals surface area (Å²) in [5, 5.41) is 14.5. The molecule has 0 atom stereocenters. The summed E-state index contributed by atoms with van der Waals surface area (Å²) in [4.78, 5) is 0. The first kappa shape index (κ1) is 39.9. The van der Waals surface area contributed by atoms with Crippen LogP contribution in [0.5, 0.6) is 0 Å². The van der Waals surface area contributed by atoms with E-state index in [1.54, 1.807) is 0 Å². The minimum absolute atomic E-state index is 0.754. The maximum Gasteiger partial charge on any atom is 0.0480 e. The van der Waals surface area contributed by atoms with Crippen molar-refractivity contribution in [2.45, 2.75) is 27.7 Å². The summed E-state index contributed by atoms with van der Waals surface area (Å²) in [7, 11) is 0. The summed E-state index contributed by atoms with van der Waals surface area (Å²) in [5.74, 6) is 0. The lowest BCUT2D eigenvalue weighted by Crippen LogP contribution is -1.98. The summed E-state index contributed by atoms with van der Waals surface area (Å²) in [5.41, 5.74) is 34.9. The van der Waals surface area contributed by atoms with Crippen LogP contribution in [0.2, 0.25) is 0 Å². The summed E-state index contributed by atoms with van der Waals surface area (Å²) in [6.45, 7) is 8.71.